The highest BCUT2D eigenvalue weighted by molar-refractivity contribution is 5.85. The van der Waals surface area contributed by atoms with Crippen LogP contribution < -0.4 is 20.1 Å². The van der Waals surface area contributed by atoms with Crippen LogP contribution in [0.25, 0.3) is 0 Å². The number of hydrogen-bond donors (Lipinski definition) is 2. The lowest BCUT2D eigenvalue weighted by molar-refractivity contribution is -0.120. The van der Waals surface area contributed by atoms with Gasteiger partial charge >= 0.3 is 0 Å². The number of halogens is 1. The molecule has 1 atom stereocenters. The fraction of sp³-hybridized carbons (Fsp3) is 0.462. The molecule has 0 radical (unpaired) electrons. The standard InChI is InChI=1S/C13H18N2O3.ClH/c1-9(14-2)7-15-13(16)6-10-3-4-11-12(5-10)18-8-17-11;/h3-5,9,14H,6-8H2,1-2H3,(H,15,16);1H. The van der Waals surface area contributed by atoms with E-state index >= 15 is 0 Å². The molecular formula is C13H19ClN2O3. The van der Waals surface area contributed by atoms with Crippen molar-refractivity contribution in [1.82, 2.24) is 10.6 Å². The van der Waals surface area contributed by atoms with Gasteiger partial charge in [0, 0.05) is 12.6 Å². The average molecular weight is 287 g/mol. The summed E-state index contributed by atoms with van der Waals surface area (Å²) in [5.74, 6) is 1.46. The Bertz CT molecular complexity index is 440. The normalized spacial score (nSPS) is 13.6. The quantitative estimate of drug-likeness (QED) is 0.851. The number of carbonyl (C=O) groups is 1. The number of hydrogen-bond acceptors (Lipinski definition) is 4. The molecular weight excluding hydrogens is 268 g/mol. The molecule has 106 valence electrons. The molecule has 0 bridgehead atoms. The molecule has 0 aliphatic carbocycles. The first-order valence-electron chi connectivity index (χ1n) is 6.01. The maximum atomic E-state index is 11.7. The number of amides is 1. The van der Waals surface area contributed by atoms with E-state index in [9.17, 15) is 4.79 Å². The van der Waals surface area contributed by atoms with E-state index < -0.39 is 0 Å². The lowest BCUT2D eigenvalue weighted by atomic mass is 10.1. The van der Waals surface area contributed by atoms with Gasteiger partial charge < -0.3 is 20.1 Å². The number of carbonyl (C=O) groups excluding carboxylic acids is 1. The lowest BCUT2D eigenvalue weighted by Crippen LogP contribution is -2.37. The fourth-order valence-electron chi connectivity index (χ4n) is 1.67. The lowest BCUT2D eigenvalue weighted by Gasteiger charge is -2.11. The number of ether oxygens (including phenoxy) is 2. The SMILES string of the molecule is CNC(C)CNC(=O)Cc1ccc2c(c1)OCO2.Cl. The van der Waals surface area contributed by atoms with Crippen LogP contribution in [0.5, 0.6) is 11.5 Å². The monoisotopic (exact) mass is 286 g/mol. The van der Waals surface area contributed by atoms with E-state index in [-0.39, 0.29) is 31.1 Å². The van der Waals surface area contributed by atoms with Crippen LogP contribution in [-0.4, -0.2) is 32.3 Å². The summed E-state index contributed by atoms with van der Waals surface area (Å²) in [5, 5.41) is 5.94. The van der Waals surface area contributed by atoms with Crippen molar-refractivity contribution >= 4 is 18.3 Å². The predicted molar refractivity (Wildman–Crippen MR) is 75.0 cm³/mol. The van der Waals surface area contributed by atoms with Crippen molar-refractivity contribution in [2.45, 2.75) is 19.4 Å². The van der Waals surface area contributed by atoms with Crippen LogP contribution in [-0.2, 0) is 11.2 Å². The number of rotatable bonds is 5. The Morgan fingerprint density at radius 3 is 2.84 bits per heavy atom. The second-order valence-electron chi connectivity index (χ2n) is 4.36. The third-order valence-electron chi connectivity index (χ3n) is 2.90. The van der Waals surface area contributed by atoms with Crippen LogP contribution in [0.1, 0.15) is 12.5 Å². The summed E-state index contributed by atoms with van der Waals surface area (Å²) >= 11 is 0. The average Bonchev–Trinajstić information content (AvgIpc) is 2.83. The molecule has 5 nitrogen and oxygen atoms in total. The molecule has 1 aliphatic heterocycles. The molecule has 6 heteroatoms. The van der Waals surface area contributed by atoms with Crippen LogP contribution in [0.15, 0.2) is 18.2 Å². The molecule has 19 heavy (non-hydrogen) atoms. The van der Waals surface area contributed by atoms with Crippen molar-refractivity contribution in [3.63, 3.8) is 0 Å². The van der Waals surface area contributed by atoms with Gasteiger partial charge in [-0.2, -0.15) is 0 Å². The maximum Gasteiger partial charge on any atom is 0.231 e. The van der Waals surface area contributed by atoms with Crippen molar-refractivity contribution in [3.8, 4) is 11.5 Å². The fourth-order valence-corrected chi connectivity index (χ4v) is 1.67. The van der Waals surface area contributed by atoms with Crippen molar-refractivity contribution in [1.29, 1.82) is 0 Å². The molecule has 1 aromatic carbocycles. The minimum Gasteiger partial charge on any atom is -0.454 e. The van der Waals surface area contributed by atoms with Crippen molar-refractivity contribution < 1.29 is 14.3 Å². The van der Waals surface area contributed by atoms with Crippen molar-refractivity contribution in [3.05, 3.63) is 23.8 Å². The van der Waals surface area contributed by atoms with Gasteiger partial charge in [0.1, 0.15) is 0 Å². The van der Waals surface area contributed by atoms with Gasteiger partial charge in [0.2, 0.25) is 12.7 Å². The van der Waals surface area contributed by atoms with Crippen molar-refractivity contribution in [2.24, 2.45) is 0 Å². The molecule has 1 heterocycles. The van der Waals surface area contributed by atoms with Crippen LogP contribution >= 0.6 is 12.4 Å². The molecule has 2 rings (SSSR count). The summed E-state index contributed by atoms with van der Waals surface area (Å²) in [6.45, 7) is 2.89. The summed E-state index contributed by atoms with van der Waals surface area (Å²) in [5.41, 5.74) is 0.925. The molecule has 0 fully saturated rings. The van der Waals surface area contributed by atoms with Crippen LogP contribution in [0, 0.1) is 0 Å². The minimum absolute atomic E-state index is 0. The Balaban J connectivity index is 0.00000180. The van der Waals surface area contributed by atoms with E-state index in [1.807, 2.05) is 32.2 Å². The first-order chi connectivity index (χ1) is 8.69. The third kappa shape index (κ3) is 4.29. The first-order valence-corrected chi connectivity index (χ1v) is 6.01. The van der Waals surface area contributed by atoms with Crippen LogP contribution in [0.4, 0.5) is 0 Å². The van der Waals surface area contributed by atoms with E-state index in [0.717, 1.165) is 11.3 Å². The van der Waals surface area contributed by atoms with Gasteiger partial charge in [-0.3, -0.25) is 4.79 Å². The predicted octanol–water partition coefficient (Wildman–Crippen LogP) is 1.10. The third-order valence-corrected chi connectivity index (χ3v) is 2.90. The Kier molecular flexibility index (Phi) is 5.92. The van der Waals surface area contributed by atoms with Crippen LogP contribution in [0.3, 0.4) is 0 Å². The Hall–Kier alpha value is -1.46. The molecule has 0 saturated heterocycles. The highest BCUT2D eigenvalue weighted by Crippen LogP contribution is 2.32. The van der Waals surface area contributed by atoms with Gasteiger partial charge in [0.25, 0.3) is 0 Å². The Morgan fingerprint density at radius 2 is 2.11 bits per heavy atom. The van der Waals surface area contributed by atoms with E-state index in [2.05, 4.69) is 10.6 Å². The van der Waals surface area contributed by atoms with Gasteiger partial charge in [-0.1, -0.05) is 6.07 Å². The summed E-state index contributed by atoms with van der Waals surface area (Å²) in [7, 11) is 1.87. The first kappa shape index (κ1) is 15.6. The number of fused-ring (bicyclic) bond motifs is 1. The molecule has 0 spiro atoms. The zero-order valence-corrected chi connectivity index (χ0v) is 11.9. The van der Waals surface area contributed by atoms with Gasteiger partial charge in [0.05, 0.1) is 6.42 Å². The van der Waals surface area contributed by atoms with Gasteiger partial charge in [-0.15, -0.1) is 12.4 Å². The maximum absolute atomic E-state index is 11.7. The molecule has 0 aromatic heterocycles. The van der Waals surface area contributed by atoms with E-state index in [1.54, 1.807) is 0 Å². The minimum atomic E-state index is 0. The molecule has 1 amide bonds. The largest absolute Gasteiger partial charge is 0.454 e. The molecule has 1 aromatic rings. The highest BCUT2D eigenvalue weighted by Gasteiger charge is 2.14. The Labute approximate surface area is 119 Å². The highest BCUT2D eigenvalue weighted by atomic mass is 35.5. The second kappa shape index (κ2) is 7.21. The molecule has 0 saturated carbocycles. The van der Waals surface area contributed by atoms with Gasteiger partial charge in [-0.25, -0.2) is 0 Å². The number of benzene rings is 1. The molecule has 1 unspecified atom stereocenters. The van der Waals surface area contributed by atoms with E-state index in [0.29, 0.717) is 18.7 Å². The summed E-state index contributed by atoms with van der Waals surface area (Å²) in [4.78, 5) is 11.7. The topological polar surface area (TPSA) is 59.6 Å². The van der Waals surface area contributed by atoms with Gasteiger partial charge in [-0.05, 0) is 31.7 Å². The zero-order valence-electron chi connectivity index (χ0n) is 11.1. The smallest absolute Gasteiger partial charge is 0.231 e. The van der Waals surface area contributed by atoms with E-state index in [1.165, 1.54) is 0 Å². The zero-order chi connectivity index (χ0) is 13.0. The summed E-state index contributed by atoms with van der Waals surface area (Å²) in [6, 6.07) is 5.84. The second-order valence-corrected chi connectivity index (χ2v) is 4.36. The Morgan fingerprint density at radius 1 is 1.37 bits per heavy atom. The number of nitrogens with one attached hydrogen (secondary N) is 2. The van der Waals surface area contributed by atoms with E-state index in [4.69, 9.17) is 9.47 Å². The molecule has 1 aliphatic rings. The van der Waals surface area contributed by atoms with Gasteiger partial charge in [0.15, 0.2) is 11.5 Å². The number of likely N-dealkylation sites (N-methyl/N-ethyl adjacent to an activating group) is 1. The summed E-state index contributed by atoms with van der Waals surface area (Å²) < 4.78 is 10.5. The summed E-state index contributed by atoms with van der Waals surface area (Å²) in [6.07, 6.45) is 0.354. The van der Waals surface area contributed by atoms with Crippen molar-refractivity contribution in [2.75, 3.05) is 20.4 Å². The van der Waals surface area contributed by atoms with Crippen LogP contribution in [0.2, 0.25) is 0 Å². The molecule has 2 N–H and O–H groups in total.